The molecule has 0 radical (unpaired) electrons. The molecule has 4 nitrogen and oxygen atoms in total. The number of hydrogen-bond acceptors (Lipinski definition) is 5. The molecule has 1 rings (SSSR count). The lowest BCUT2D eigenvalue weighted by Crippen LogP contribution is -2.14. The number of thioether (sulfide) groups is 1. The van der Waals surface area contributed by atoms with Crippen molar-refractivity contribution in [3.63, 3.8) is 0 Å². The standard InChI is InChI=1S/C12H22N2O2S/c1-6-9(15)8(2)11-13-10(14-16-11)7-17-12(3,4)5/h8-9,15H,6-7H2,1-5H3. The molecule has 2 unspecified atom stereocenters. The van der Waals surface area contributed by atoms with Gasteiger partial charge in [0.25, 0.3) is 0 Å². The molecular weight excluding hydrogens is 236 g/mol. The topological polar surface area (TPSA) is 59.2 Å². The molecule has 98 valence electrons. The molecule has 0 spiro atoms. The average molecular weight is 258 g/mol. The molecule has 0 aliphatic heterocycles. The molecule has 0 aromatic carbocycles. The molecule has 1 aromatic heterocycles. The van der Waals surface area contributed by atoms with Crippen LogP contribution in [0.25, 0.3) is 0 Å². The Morgan fingerprint density at radius 2 is 2.06 bits per heavy atom. The van der Waals surface area contributed by atoms with Gasteiger partial charge in [0.15, 0.2) is 5.82 Å². The first-order chi connectivity index (χ1) is 7.83. The van der Waals surface area contributed by atoms with E-state index in [0.717, 1.165) is 5.75 Å². The van der Waals surface area contributed by atoms with Crippen molar-refractivity contribution in [1.29, 1.82) is 0 Å². The zero-order valence-electron chi connectivity index (χ0n) is 11.2. The third-order valence-corrected chi connectivity index (χ3v) is 3.77. The van der Waals surface area contributed by atoms with Crippen LogP contribution >= 0.6 is 11.8 Å². The van der Waals surface area contributed by atoms with Gasteiger partial charge in [-0.05, 0) is 6.42 Å². The number of aliphatic hydroxyl groups excluding tert-OH is 1. The molecule has 1 aromatic rings. The van der Waals surface area contributed by atoms with Gasteiger partial charge in [-0.15, -0.1) is 11.8 Å². The summed E-state index contributed by atoms with van der Waals surface area (Å²) in [6.45, 7) is 10.3. The number of aromatic nitrogens is 2. The molecule has 5 heteroatoms. The van der Waals surface area contributed by atoms with Crippen molar-refractivity contribution in [2.24, 2.45) is 0 Å². The second-order valence-corrected chi connectivity index (χ2v) is 7.02. The summed E-state index contributed by atoms with van der Waals surface area (Å²) in [6, 6.07) is 0. The second kappa shape index (κ2) is 5.87. The van der Waals surface area contributed by atoms with Gasteiger partial charge >= 0.3 is 0 Å². The molecule has 0 saturated carbocycles. The Morgan fingerprint density at radius 1 is 1.41 bits per heavy atom. The first-order valence-corrected chi connectivity index (χ1v) is 6.96. The van der Waals surface area contributed by atoms with Gasteiger partial charge in [0.1, 0.15) is 0 Å². The SMILES string of the molecule is CCC(O)C(C)c1nc(CSC(C)(C)C)no1. The monoisotopic (exact) mass is 258 g/mol. The fourth-order valence-electron chi connectivity index (χ4n) is 1.31. The summed E-state index contributed by atoms with van der Waals surface area (Å²) in [4.78, 5) is 4.32. The molecule has 0 aliphatic carbocycles. The van der Waals surface area contributed by atoms with Crippen molar-refractivity contribution in [2.45, 2.75) is 63.6 Å². The molecule has 0 saturated heterocycles. The van der Waals surface area contributed by atoms with Crippen LogP contribution in [0.15, 0.2) is 4.52 Å². The minimum atomic E-state index is -0.418. The third-order valence-electron chi connectivity index (χ3n) is 2.50. The summed E-state index contributed by atoms with van der Waals surface area (Å²) < 4.78 is 5.37. The zero-order chi connectivity index (χ0) is 13.1. The smallest absolute Gasteiger partial charge is 0.232 e. The molecular formula is C12H22N2O2S. The van der Waals surface area contributed by atoms with Crippen LogP contribution in [0.4, 0.5) is 0 Å². The van der Waals surface area contributed by atoms with E-state index in [2.05, 4.69) is 30.9 Å². The molecule has 0 bridgehead atoms. The molecule has 1 heterocycles. The number of aliphatic hydroxyl groups is 1. The fourth-order valence-corrected chi connectivity index (χ4v) is 1.99. The normalized spacial score (nSPS) is 15.9. The van der Waals surface area contributed by atoms with Crippen molar-refractivity contribution in [3.8, 4) is 0 Å². The lowest BCUT2D eigenvalue weighted by atomic mass is 10.0. The Balaban J connectivity index is 2.59. The van der Waals surface area contributed by atoms with Crippen LogP contribution in [0, 0.1) is 0 Å². The van der Waals surface area contributed by atoms with Crippen LogP contribution in [-0.4, -0.2) is 26.1 Å². The molecule has 0 amide bonds. The van der Waals surface area contributed by atoms with E-state index in [4.69, 9.17) is 4.52 Å². The van der Waals surface area contributed by atoms with E-state index < -0.39 is 6.10 Å². The van der Waals surface area contributed by atoms with Crippen LogP contribution in [-0.2, 0) is 5.75 Å². The van der Waals surface area contributed by atoms with E-state index in [1.165, 1.54) is 0 Å². The maximum atomic E-state index is 9.72. The van der Waals surface area contributed by atoms with Crippen LogP contribution in [0.2, 0.25) is 0 Å². The van der Waals surface area contributed by atoms with Crippen LogP contribution in [0.5, 0.6) is 0 Å². The zero-order valence-corrected chi connectivity index (χ0v) is 12.0. The van der Waals surface area contributed by atoms with Gasteiger partial charge in [-0.3, -0.25) is 0 Å². The van der Waals surface area contributed by atoms with Crippen molar-refractivity contribution in [3.05, 3.63) is 11.7 Å². The minimum Gasteiger partial charge on any atom is -0.392 e. The number of hydrogen-bond donors (Lipinski definition) is 1. The van der Waals surface area contributed by atoms with Gasteiger partial charge in [0.05, 0.1) is 17.8 Å². The quantitative estimate of drug-likeness (QED) is 0.880. The first kappa shape index (κ1) is 14.5. The van der Waals surface area contributed by atoms with E-state index in [1.807, 2.05) is 13.8 Å². The van der Waals surface area contributed by atoms with Crippen LogP contribution in [0.1, 0.15) is 58.7 Å². The van der Waals surface area contributed by atoms with Gasteiger partial charge in [-0.1, -0.05) is 39.8 Å². The number of nitrogens with zero attached hydrogens (tertiary/aromatic N) is 2. The summed E-state index contributed by atoms with van der Waals surface area (Å²) >= 11 is 1.78. The summed E-state index contributed by atoms with van der Waals surface area (Å²) in [5.41, 5.74) is 0. The van der Waals surface area contributed by atoms with E-state index in [1.54, 1.807) is 11.8 Å². The molecule has 0 aliphatic rings. The highest BCUT2D eigenvalue weighted by Crippen LogP contribution is 2.27. The Morgan fingerprint density at radius 3 is 2.59 bits per heavy atom. The largest absolute Gasteiger partial charge is 0.392 e. The summed E-state index contributed by atoms with van der Waals surface area (Å²) in [5, 5.41) is 13.7. The molecule has 17 heavy (non-hydrogen) atoms. The Labute approximate surface area is 107 Å². The predicted octanol–water partition coefficient (Wildman–Crippen LogP) is 2.98. The first-order valence-electron chi connectivity index (χ1n) is 5.98. The average Bonchev–Trinajstić information content (AvgIpc) is 2.72. The molecule has 0 fully saturated rings. The van der Waals surface area contributed by atoms with Crippen molar-refractivity contribution in [1.82, 2.24) is 10.1 Å². The third kappa shape index (κ3) is 4.68. The molecule has 1 N–H and O–H groups in total. The minimum absolute atomic E-state index is 0.0964. The second-order valence-electron chi connectivity index (χ2n) is 5.21. The van der Waals surface area contributed by atoms with Crippen molar-refractivity contribution >= 4 is 11.8 Å². The maximum absolute atomic E-state index is 9.72. The van der Waals surface area contributed by atoms with Crippen molar-refractivity contribution < 1.29 is 9.63 Å². The van der Waals surface area contributed by atoms with Gasteiger partial charge in [0.2, 0.25) is 5.89 Å². The molecule has 2 atom stereocenters. The van der Waals surface area contributed by atoms with Gasteiger partial charge in [0, 0.05) is 4.75 Å². The van der Waals surface area contributed by atoms with Crippen LogP contribution < -0.4 is 0 Å². The van der Waals surface area contributed by atoms with Crippen LogP contribution in [0.3, 0.4) is 0 Å². The Bertz CT molecular complexity index is 347. The summed E-state index contributed by atoms with van der Waals surface area (Å²) in [6.07, 6.45) is 0.272. The fraction of sp³-hybridized carbons (Fsp3) is 0.833. The number of rotatable bonds is 5. The Hall–Kier alpha value is -0.550. The highest BCUT2D eigenvalue weighted by atomic mass is 32.2. The highest BCUT2D eigenvalue weighted by molar-refractivity contribution is 7.99. The predicted molar refractivity (Wildman–Crippen MR) is 70.1 cm³/mol. The van der Waals surface area contributed by atoms with Gasteiger partial charge in [-0.25, -0.2) is 0 Å². The van der Waals surface area contributed by atoms with E-state index in [0.29, 0.717) is 18.1 Å². The lowest BCUT2D eigenvalue weighted by molar-refractivity contribution is 0.129. The van der Waals surface area contributed by atoms with Gasteiger partial charge in [-0.2, -0.15) is 4.98 Å². The van der Waals surface area contributed by atoms with Gasteiger partial charge < -0.3 is 9.63 Å². The van der Waals surface area contributed by atoms with E-state index >= 15 is 0 Å². The summed E-state index contributed by atoms with van der Waals surface area (Å²) in [5.74, 6) is 1.88. The maximum Gasteiger partial charge on any atom is 0.232 e. The summed E-state index contributed by atoms with van der Waals surface area (Å²) in [7, 11) is 0. The van der Waals surface area contributed by atoms with E-state index in [-0.39, 0.29) is 10.7 Å². The van der Waals surface area contributed by atoms with Crippen molar-refractivity contribution in [2.75, 3.05) is 0 Å². The van der Waals surface area contributed by atoms with E-state index in [9.17, 15) is 5.11 Å². The lowest BCUT2D eigenvalue weighted by Gasteiger charge is -2.15. The highest BCUT2D eigenvalue weighted by Gasteiger charge is 2.21. The Kier molecular flexibility index (Phi) is 5.01.